The molecular formula is C7H9F3N4O2. The highest BCUT2D eigenvalue weighted by molar-refractivity contribution is 5.81. The monoisotopic (exact) mass is 238 g/mol. The summed E-state index contributed by atoms with van der Waals surface area (Å²) in [5.74, 6) is -0.375. The zero-order chi connectivity index (χ0) is 12.2. The van der Waals surface area contributed by atoms with E-state index in [0.29, 0.717) is 0 Å². The van der Waals surface area contributed by atoms with E-state index in [1.807, 2.05) is 0 Å². The number of carbonyl (C=O) groups excluding carboxylic acids is 1. The molecule has 0 N–H and O–H groups in total. The van der Waals surface area contributed by atoms with Gasteiger partial charge in [0.25, 0.3) is 0 Å². The maximum atomic E-state index is 11.7. The van der Waals surface area contributed by atoms with Gasteiger partial charge >= 0.3 is 6.18 Å². The zero-order valence-corrected chi connectivity index (χ0v) is 8.36. The molecule has 1 rings (SSSR count). The lowest BCUT2D eigenvalue weighted by atomic mass is 10.3. The summed E-state index contributed by atoms with van der Waals surface area (Å²) in [7, 11) is 1.52. The molecule has 0 saturated heterocycles. The fraction of sp³-hybridized carbons (Fsp3) is 0.714. The summed E-state index contributed by atoms with van der Waals surface area (Å²) in [6.07, 6.45) is -4.61. The molecule has 0 atom stereocenters. The summed E-state index contributed by atoms with van der Waals surface area (Å²) in [6.45, 7) is -2.05. The van der Waals surface area contributed by atoms with Crippen LogP contribution in [0.25, 0.3) is 0 Å². The summed E-state index contributed by atoms with van der Waals surface area (Å²) in [4.78, 5) is 12.3. The summed E-state index contributed by atoms with van der Waals surface area (Å²) in [5, 5.41) is 10.7. The lowest BCUT2D eigenvalue weighted by Gasteiger charge is -2.05. The van der Waals surface area contributed by atoms with Crippen molar-refractivity contribution in [1.29, 1.82) is 0 Å². The minimum atomic E-state index is -4.43. The topological polar surface area (TPSA) is 69.9 Å². The second-order valence-electron chi connectivity index (χ2n) is 3.02. The van der Waals surface area contributed by atoms with Crippen LogP contribution in [0, 0.1) is 0 Å². The van der Waals surface area contributed by atoms with Crippen molar-refractivity contribution in [2.24, 2.45) is 7.05 Å². The van der Waals surface area contributed by atoms with Crippen molar-refractivity contribution >= 4 is 5.78 Å². The molecule has 0 unspecified atom stereocenters. The number of halogens is 3. The highest BCUT2D eigenvalue weighted by Gasteiger charge is 2.27. The fourth-order valence-electron chi connectivity index (χ4n) is 0.902. The summed E-state index contributed by atoms with van der Waals surface area (Å²) in [5.41, 5.74) is 0. The Bertz CT molecular complexity index is 363. The Labute approximate surface area is 88.4 Å². The first-order chi connectivity index (χ1) is 7.37. The van der Waals surface area contributed by atoms with E-state index >= 15 is 0 Å². The van der Waals surface area contributed by atoms with Crippen LogP contribution in [0.15, 0.2) is 0 Å². The number of alkyl halides is 3. The van der Waals surface area contributed by atoms with Crippen molar-refractivity contribution in [3.05, 3.63) is 5.82 Å². The molecule has 0 radical (unpaired) electrons. The zero-order valence-electron chi connectivity index (χ0n) is 8.36. The quantitative estimate of drug-likeness (QED) is 0.716. The summed E-state index contributed by atoms with van der Waals surface area (Å²) < 4.78 is 39.2. The number of tetrazole rings is 1. The maximum Gasteiger partial charge on any atom is 0.411 e. The molecule has 1 aromatic heterocycles. The minimum Gasteiger partial charge on any atom is -0.364 e. The number of carbonyl (C=O) groups is 1. The van der Waals surface area contributed by atoms with E-state index < -0.39 is 25.2 Å². The van der Waals surface area contributed by atoms with Crippen LogP contribution in [0.5, 0.6) is 0 Å². The molecule has 0 aliphatic rings. The Balaban J connectivity index is 2.26. The molecule has 0 bridgehead atoms. The molecule has 0 aliphatic heterocycles. The van der Waals surface area contributed by atoms with E-state index in [-0.39, 0.29) is 12.2 Å². The van der Waals surface area contributed by atoms with Gasteiger partial charge in [-0.15, -0.1) is 10.2 Å². The number of rotatable bonds is 5. The minimum absolute atomic E-state index is 0.156. The standard InChI is InChI=1S/C7H9F3N4O2/c1-14-12-6(11-13-14)2-5(15)3-16-4-7(8,9)10/h2-4H2,1H3. The van der Waals surface area contributed by atoms with Gasteiger partial charge in [-0.25, -0.2) is 0 Å². The predicted octanol–water partition coefficient (Wildman–Crippen LogP) is -0.0994. The molecule has 90 valence electrons. The first-order valence-electron chi connectivity index (χ1n) is 4.26. The number of aromatic nitrogens is 4. The van der Waals surface area contributed by atoms with Crippen molar-refractivity contribution < 1.29 is 22.7 Å². The Morgan fingerprint density at radius 2 is 2.19 bits per heavy atom. The number of Topliss-reactive ketones (excluding diaryl/α,β-unsaturated/α-hetero) is 1. The van der Waals surface area contributed by atoms with Crippen LogP contribution < -0.4 is 0 Å². The van der Waals surface area contributed by atoms with Gasteiger partial charge in [0.1, 0.15) is 13.2 Å². The van der Waals surface area contributed by atoms with E-state index in [1.54, 1.807) is 0 Å². The SMILES string of the molecule is Cn1nnc(CC(=O)COCC(F)(F)F)n1. The van der Waals surface area contributed by atoms with Crippen LogP contribution in [0.2, 0.25) is 0 Å². The van der Waals surface area contributed by atoms with Crippen molar-refractivity contribution in [2.75, 3.05) is 13.2 Å². The van der Waals surface area contributed by atoms with Crippen molar-refractivity contribution in [2.45, 2.75) is 12.6 Å². The van der Waals surface area contributed by atoms with Gasteiger partial charge in [-0.3, -0.25) is 4.79 Å². The van der Waals surface area contributed by atoms with Gasteiger partial charge in [0, 0.05) is 0 Å². The average molecular weight is 238 g/mol. The largest absolute Gasteiger partial charge is 0.411 e. The Morgan fingerprint density at radius 1 is 1.50 bits per heavy atom. The Morgan fingerprint density at radius 3 is 2.69 bits per heavy atom. The third-order valence-electron chi connectivity index (χ3n) is 1.43. The second-order valence-corrected chi connectivity index (χ2v) is 3.02. The highest BCUT2D eigenvalue weighted by atomic mass is 19.4. The van der Waals surface area contributed by atoms with E-state index in [1.165, 1.54) is 7.05 Å². The normalized spacial score (nSPS) is 11.8. The van der Waals surface area contributed by atoms with Crippen molar-refractivity contribution in [1.82, 2.24) is 20.2 Å². The van der Waals surface area contributed by atoms with Gasteiger partial charge in [0.2, 0.25) is 0 Å². The number of aryl methyl sites for hydroxylation is 1. The van der Waals surface area contributed by atoms with Gasteiger partial charge in [-0.2, -0.15) is 18.0 Å². The van der Waals surface area contributed by atoms with Crippen LogP contribution in [0.3, 0.4) is 0 Å². The highest BCUT2D eigenvalue weighted by Crippen LogP contribution is 2.14. The molecule has 6 nitrogen and oxygen atoms in total. The first-order valence-corrected chi connectivity index (χ1v) is 4.26. The van der Waals surface area contributed by atoms with E-state index in [2.05, 4.69) is 20.1 Å². The Hall–Kier alpha value is -1.51. The first kappa shape index (κ1) is 12.6. The molecule has 1 aromatic rings. The van der Waals surface area contributed by atoms with Gasteiger partial charge < -0.3 is 4.74 Å². The lowest BCUT2D eigenvalue weighted by molar-refractivity contribution is -0.175. The van der Waals surface area contributed by atoms with Crippen LogP contribution >= 0.6 is 0 Å². The predicted molar refractivity (Wildman–Crippen MR) is 44.4 cm³/mol. The van der Waals surface area contributed by atoms with Crippen molar-refractivity contribution in [3.63, 3.8) is 0 Å². The molecule has 0 aliphatic carbocycles. The van der Waals surface area contributed by atoms with E-state index in [4.69, 9.17) is 0 Å². The van der Waals surface area contributed by atoms with Crippen LogP contribution in [0.4, 0.5) is 13.2 Å². The Kier molecular flexibility index (Phi) is 3.93. The fourth-order valence-corrected chi connectivity index (χ4v) is 0.902. The van der Waals surface area contributed by atoms with Crippen molar-refractivity contribution in [3.8, 4) is 0 Å². The molecule has 0 spiro atoms. The number of hydrogen-bond donors (Lipinski definition) is 0. The average Bonchev–Trinajstić information content (AvgIpc) is 2.48. The summed E-state index contributed by atoms with van der Waals surface area (Å²) >= 11 is 0. The van der Waals surface area contributed by atoms with Crippen LogP contribution in [-0.4, -0.2) is 45.4 Å². The number of ketones is 1. The molecule has 1 heterocycles. The maximum absolute atomic E-state index is 11.7. The van der Waals surface area contributed by atoms with E-state index in [9.17, 15) is 18.0 Å². The van der Waals surface area contributed by atoms with E-state index in [0.717, 1.165) is 4.80 Å². The third-order valence-corrected chi connectivity index (χ3v) is 1.43. The smallest absolute Gasteiger partial charge is 0.364 e. The van der Waals surface area contributed by atoms with Gasteiger partial charge in [0.05, 0.1) is 13.5 Å². The molecule has 0 saturated carbocycles. The number of hydrogen-bond acceptors (Lipinski definition) is 5. The van der Waals surface area contributed by atoms with Crippen LogP contribution in [0.1, 0.15) is 5.82 Å². The molecule has 0 fully saturated rings. The number of ether oxygens (including phenoxy) is 1. The van der Waals surface area contributed by atoms with Gasteiger partial charge in [-0.05, 0) is 5.21 Å². The summed E-state index contributed by atoms with van der Waals surface area (Å²) in [6, 6.07) is 0. The molecular weight excluding hydrogens is 229 g/mol. The van der Waals surface area contributed by atoms with Gasteiger partial charge in [-0.1, -0.05) is 0 Å². The second kappa shape index (κ2) is 5.01. The lowest BCUT2D eigenvalue weighted by Crippen LogP contribution is -2.21. The third kappa shape index (κ3) is 4.82. The van der Waals surface area contributed by atoms with Gasteiger partial charge in [0.15, 0.2) is 11.6 Å². The van der Waals surface area contributed by atoms with Crippen LogP contribution in [-0.2, 0) is 23.0 Å². The molecule has 0 aromatic carbocycles. The molecule has 0 amide bonds. The number of nitrogens with zero attached hydrogens (tertiary/aromatic N) is 4. The molecule has 9 heteroatoms. The molecule has 16 heavy (non-hydrogen) atoms.